The molecular formula is C18H14F4N4O3S. The van der Waals surface area contributed by atoms with Gasteiger partial charge in [-0.2, -0.15) is 13.2 Å². The Kier molecular flexibility index (Phi) is 5.61. The Morgan fingerprint density at radius 2 is 1.80 bits per heavy atom. The molecule has 3 aromatic rings. The first-order chi connectivity index (χ1) is 14.0. The van der Waals surface area contributed by atoms with Gasteiger partial charge in [0.1, 0.15) is 5.82 Å². The summed E-state index contributed by atoms with van der Waals surface area (Å²) in [7, 11) is -3.40. The van der Waals surface area contributed by atoms with E-state index >= 15 is 0 Å². The van der Waals surface area contributed by atoms with E-state index in [1.165, 1.54) is 36.4 Å². The van der Waals surface area contributed by atoms with Gasteiger partial charge < -0.3 is 5.32 Å². The molecule has 0 fully saturated rings. The molecule has 1 heterocycles. The summed E-state index contributed by atoms with van der Waals surface area (Å²) in [6.45, 7) is -0.174. The van der Waals surface area contributed by atoms with Crippen LogP contribution >= 0.6 is 0 Å². The van der Waals surface area contributed by atoms with Crippen LogP contribution in [0, 0.1) is 5.82 Å². The SMILES string of the molecule is CS(=O)(=O)c1ccc(CNC(=O)c2nnn(-c3cccc(F)c3)c2C(F)(F)F)cc1. The van der Waals surface area contributed by atoms with Gasteiger partial charge in [-0.25, -0.2) is 17.5 Å². The third-order valence-corrected chi connectivity index (χ3v) is 5.14. The molecule has 0 aliphatic carbocycles. The van der Waals surface area contributed by atoms with Crippen LogP contribution in [-0.4, -0.2) is 35.6 Å². The quantitative estimate of drug-likeness (QED) is 0.614. The second-order valence-electron chi connectivity index (χ2n) is 6.27. The van der Waals surface area contributed by atoms with Crippen molar-refractivity contribution in [3.63, 3.8) is 0 Å². The number of hydrogen-bond donors (Lipinski definition) is 1. The van der Waals surface area contributed by atoms with Gasteiger partial charge in [0.15, 0.2) is 21.2 Å². The number of hydrogen-bond acceptors (Lipinski definition) is 5. The molecule has 0 radical (unpaired) electrons. The van der Waals surface area contributed by atoms with Crippen LogP contribution < -0.4 is 5.32 Å². The maximum atomic E-state index is 13.6. The number of rotatable bonds is 5. The molecule has 0 aliphatic heterocycles. The average molecular weight is 442 g/mol. The van der Waals surface area contributed by atoms with Gasteiger partial charge in [-0.1, -0.05) is 23.4 Å². The van der Waals surface area contributed by atoms with Crippen LogP contribution in [0.4, 0.5) is 17.6 Å². The second kappa shape index (κ2) is 7.86. The van der Waals surface area contributed by atoms with E-state index in [-0.39, 0.29) is 17.1 Å². The number of aromatic nitrogens is 3. The van der Waals surface area contributed by atoms with Crippen molar-refractivity contribution in [1.82, 2.24) is 20.3 Å². The smallest absolute Gasteiger partial charge is 0.346 e. The Labute approximate surface area is 168 Å². The van der Waals surface area contributed by atoms with Crippen molar-refractivity contribution in [3.8, 4) is 5.69 Å². The van der Waals surface area contributed by atoms with Crippen LogP contribution in [0.25, 0.3) is 5.69 Å². The number of sulfone groups is 1. The summed E-state index contributed by atoms with van der Waals surface area (Å²) in [5, 5.41) is 8.97. The number of nitrogens with one attached hydrogen (secondary N) is 1. The molecule has 0 bridgehead atoms. The largest absolute Gasteiger partial charge is 0.435 e. The lowest BCUT2D eigenvalue weighted by atomic mass is 10.2. The lowest BCUT2D eigenvalue weighted by Gasteiger charge is -2.11. The fourth-order valence-electron chi connectivity index (χ4n) is 2.60. The zero-order valence-corrected chi connectivity index (χ0v) is 16.1. The minimum Gasteiger partial charge on any atom is -0.346 e. The third-order valence-electron chi connectivity index (χ3n) is 4.01. The molecule has 158 valence electrons. The summed E-state index contributed by atoms with van der Waals surface area (Å²) >= 11 is 0. The van der Waals surface area contributed by atoms with E-state index in [4.69, 9.17) is 0 Å². The lowest BCUT2D eigenvalue weighted by molar-refractivity contribution is -0.143. The van der Waals surface area contributed by atoms with Gasteiger partial charge in [-0.05, 0) is 35.9 Å². The first kappa shape index (κ1) is 21.4. The van der Waals surface area contributed by atoms with Crippen molar-refractivity contribution in [1.29, 1.82) is 0 Å². The van der Waals surface area contributed by atoms with Crippen molar-refractivity contribution in [2.75, 3.05) is 6.26 Å². The van der Waals surface area contributed by atoms with E-state index in [0.29, 0.717) is 10.2 Å². The number of alkyl halides is 3. The molecule has 1 aromatic heterocycles. The van der Waals surface area contributed by atoms with Crippen LogP contribution in [0.5, 0.6) is 0 Å². The minimum absolute atomic E-state index is 0.0648. The monoisotopic (exact) mass is 442 g/mol. The Morgan fingerprint density at radius 3 is 2.37 bits per heavy atom. The molecule has 12 heteroatoms. The summed E-state index contributed by atoms with van der Waals surface area (Å²) in [5.41, 5.74) is -2.20. The number of carbonyl (C=O) groups excluding carboxylic acids is 1. The van der Waals surface area contributed by atoms with Crippen LogP contribution in [-0.2, 0) is 22.6 Å². The van der Waals surface area contributed by atoms with Gasteiger partial charge >= 0.3 is 6.18 Å². The van der Waals surface area contributed by atoms with Gasteiger partial charge in [0.2, 0.25) is 0 Å². The first-order valence-electron chi connectivity index (χ1n) is 8.33. The van der Waals surface area contributed by atoms with E-state index in [1.807, 2.05) is 0 Å². The normalized spacial score (nSPS) is 12.0. The molecule has 0 atom stereocenters. The van der Waals surface area contributed by atoms with Crippen LogP contribution in [0.2, 0.25) is 0 Å². The highest BCUT2D eigenvalue weighted by Crippen LogP contribution is 2.32. The summed E-state index contributed by atoms with van der Waals surface area (Å²) in [4.78, 5) is 12.4. The Balaban J connectivity index is 1.86. The second-order valence-corrected chi connectivity index (χ2v) is 8.29. The number of carbonyl (C=O) groups is 1. The Morgan fingerprint density at radius 1 is 1.13 bits per heavy atom. The highest BCUT2D eigenvalue weighted by Gasteiger charge is 2.42. The van der Waals surface area contributed by atoms with E-state index < -0.39 is 39.1 Å². The molecule has 1 N–H and O–H groups in total. The van der Waals surface area contributed by atoms with E-state index in [1.54, 1.807) is 0 Å². The molecule has 1 amide bonds. The zero-order chi connectivity index (χ0) is 22.1. The van der Waals surface area contributed by atoms with Crippen LogP contribution in [0.15, 0.2) is 53.4 Å². The molecular weight excluding hydrogens is 428 g/mol. The molecule has 2 aromatic carbocycles. The average Bonchev–Trinajstić information content (AvgIpc) is 3.11. The van der Waals surface area contributed by atoms with Crippen LogP contribution in [0.1, 0.15) is 21.7 Å². The van der Waals surface area contributed by atoms with Gasteiger partial charge in [-0.3, -0.25) is 4.79 Å². The first-order valence-corrected chi connectivity index (χ1v) is 10.2. The predicted molar refractivity (Wildman–Crippen MR) is 97.0 cm³/mol. The molecule has 0 unspecified atom stereocenters. The van der Waals surface area contributed by atoms with Gasteiger partial charge in [0, 0.05) is 12.8 Å². The number of halogens is 4. The van der Waals surface area contributed by atoms with E-state index in [0.717, 1.165) is 18.4 Å². The maximum Gasteiger partial charge on any atom is 0.435 e. The minimum atomic E-state index is -4.99. The summed E-state index contributed by atoms with van der Waals surface area (Å²) in [6, 6.07) is 9.75. The standard InChI is InChI=1S/C18H14F4N4O3S/c1-30(28,29)14-7-5-11(6-8-14)10-23-17(27)15-16(18(20,21)22)26(25-24-15)13-4-2-3-12(19)9-13/h2-9H,10H2,1H3,(H,23,27). The highest BCUT2D eigenvalue weighted by atomic mass is 32.2. The molecule has 3 rings (SSSR count). The summed E-state index contributed by atoms with van der Waals surface area (Å²) < 4.78 is 77.4. The molecule has 7 nitrogen and oxygen atoms in total. The van der Waals surface area contributed by atoms with Crippen molar-refractivity contribution in [2.24, 2.45) is 0 Å². The lowest BCUT2D eigenvalue weighted by Crippen LogP contribution is -2.27. The van der Waals surface area contributed by atoms with E-state index in [9.17, 15) is 30.8 Å². The highest BCUT2D eigenvalue weighted by molar-refractivity contribution is 7.90. The summed E-state index contributed by atoms with van der Waals surface area (Å²) in [5.74, 6) is -1.92. The van der Waals surface area contributed by atoms with Crippen LogP contribution in [0.3, 0.4) is 0 Å². The predicted octanol–water partition coefficient (Wildman–Crippen LogP) is 2.76. The van der Waals surface area contributed by atoms with Crippen molar-refractivity contribution >= 4 is 15.7 Å². The molecule has 0 saturated heterocycles. The fourth-order valence-corrected chi connectivity index (χ4v) is 3.23. The molecule has 0 saturated carbocycles. The molecule has 30 heavy (non-hydrogen) atoms. The Hall–Kier alpha value is -3.28. The third kappa shape index (κ3) is 4.64. The fraction of sp³-hybridized carbons (Fsp3) is 0.167. The Bertz CT molecular complexity index is 1190. The topological polar surface area (TPSA) is 93.9 Å². The van der Waals surface area contributed by atoms with Gasteiger partial charge in [0.05, 0.1) is 10.6 Å². The molecule has 0 aliphatic rings. The maximum absolute atomic E-state index is 13.6. The van der Waals surface area contributed by atoms with E-state index in [2.05, 4.69) is 15.6 Å². The van der Waals surface area contributed by atoms with Crippen molar-refractivity contribution in [2.45, 2.75) is 17.6 Å². The van der Waals surface area contributed by atoms with Crippen molar-refractivity contribution < 1.29 is 30.8 Å². The van der Waals surface area contributed by atoms with Gasteiger partial charge in [0.25, 0.3) is 5.91 Å². The number of benzene rings is 2. The number of amides is 1. The summed E-state index contributed by atoms with van der Waals surface area (Å²) in [6.07, 6.45) is -3.95. The zero-order valence-electron chi connectivity index (χ0n) is 15.3. The van der Waals surface area contributed by atoms with Gasteiger partial charge in [-0.15, -0.1) is 5.10 Å². The molecule has 0 spiro atoms. The van der Waals surface area contributed by atoms with Crippen molar-refractivity contribution in [3.05, 3.63) is 71.3 Å². The number of nitrogens with zero attached hydrogens (tertiary/aromatic N) is 3.